The van der Waals surface area contributed by atoms with Gasteiger partial charge < -0.3 is 4.74 Å². The summed E-state index contributed by atoms with van der Waals surface area (Å²) in [4.78, 5) is 13.1. The summed E-state index contributed by atoms with van der Waals surface area (Å²) >= 11 is 0. The maximum absolute atomic E-state index is 14.2. The van der Waals surface area contributed by atoms with Crippen molar-refractivity contribution in [2.75, 3.05) is 0 Å². The summed E-state index contributed by atoms with van der Waals surface area (Å²) in [6.07, 6.45) is -52.9. The van der Waals surface area contributed by atoms with E-state index in [-0.39, 0.29) is 12.3 Å². The molecular weight excluding hydrogens is 1270 g/mol. The number of nitrogens with zero attached hydrogens (tertiary/aromatic N) is 1. The van der Waals surface area contributed by atoms with Gasteiger partial charge in [0.2, 0.25) is 12.3 Å². The summed E-state index contributed by atoms with van der Waals surface area (Å²) in [5.74, 6) is 1.46. The van der Waals surface area contributed by atoms with Crippen molar-refractivity contribution < 1.29 is 119 Å². The predicted molar refractivity (Wildman–Crippen MR) is 287 cm³/mol. The third-order valence-corrected chi connectivity index (χ3v) is 14.7. The van der Waals surface area contributed by atoms with Crippen molar-refractivity contribution in [3.05, 3.63) is 244 Å². The number of carbonyl (C=O) groups excluding carboxylic acids is 1. The number of hydrogen-bond donors (Lipinski definition) is 0. The highest BCUT2D eigenvalue weighted by Crippen LogP contribution is 2.43. The van der Waals surface area contributed by atoms with E-state index >= 15 is 0 Å². The number of carbonyl (C=O) groups is 1. The van der Waals surface area contributed by atoms with Gasteiger partial charge in [-0.25, -0.2) is 0 Å². The summed E-state index contributed by atoms with van der Waals surface area (Å²) < 4.78 is 349. The molecule has 28 heteroatoms. The number of aromatic nitrogens is 1. The van der Waals surface area contributed by atoms with E-state index in [1.54, 1.807) is 0 Å². The molecule has 10 aromatic rings. The lowest BCUT2D eigenvalue weighted by molar-refractivity contribution is -0.685. The number of rotatable bonds is 9. The molecule has 0 aliphatic rings. The molecule has 3 nitrogen and oxygen atoms in total. The van der Waals surface area contributed by atoms with E-state index in [9.17, 15) is 110 Å². The Morgan fingerprint density at radius 1 is 0.319 bits per heavy atom. The molecule has 0 saturated heterocycles. The standard InChI is InChI=1S/C32H12BF24.C31H22NO2/c34-25(35,36)13-1-14(26(37,38)39)6-21(5-13)33(22-7-15(27(40,41)42)2-16(8-22)28(43,44)45,23-9-17(29(46,47)48)3-18(10-23)30(49,50)51)24-11-19(31(52,53)54)4-20(12-24)32(55,56)57;33-29(23-11-2-1-3-12-23)21-32-19-18-22-10-4-7-15-26(22)31(32)34-30-20-24-13-5-6-14-25(24)27-16-8-9-17-28(27)30/h1-12H;1-20H,21H2/q-1;+1. The average molecular weight is 1300 g/mol. The van der Waals surface area contributed by atoms with E-state index in [0.717, 1.165) is 32.7 Å². The number of fused-ring (bicyclic) bond motifs is 4. The number of ether oxygens (including phenoxy) is 1. The lowest BCUT2D eigenvalue weighted by atomic mass is 9.12. The van der Waals surface area contributed by atoms with Crippen molar-refractivity contribution in [2.24, 2.45) is 0 Å². The second-order valence-electron chi connectivity index (χ2n) is 20.6. The molecule has 0 aliphatic heterocycles. The molecular formula is C63H34BF24NO2. The Labute approximate surface area is 496 Å². The molecule has 1 heterocycles. The Bertz CT molecular complexity index is 3950. The third-order valence-electron chi connectivity index (χ3n) is 14.7. The zero-order chi connectivity index (χ0) is 66.8. The van der Waals surface area contributed by atoms with E-state index in [0.29, 0.717) is 11.4 Å². The predicted octanol–water partition coefficient (Wildman–Crippen LogP) is 18.3. The van der Waals surface area contributed by atoms with Gasteiger partial charge in [0, 0.05) is 17.0 Å². The van der Waals surface area contributed by atoms with Crippen molar-refractivity contribution in [3.8, 4) is 11.6 Å². The molecule has 1 aromatic heterocycles. The average Bonchev–Trinajstić information content (AvgIpc) is 0.712. The Morgan fingerprint density at radius 2 is 0.615 bits per heavy atom. The normalized spacial score (nSPS) is 13.1. The minimum Gasteiger partial charge on any atom is -0.404 e. The van der Waals surface area contributed by atoms with E-state index < -0.39 is 195 Å². The van der Waals surface area contributed by atoms with Crippen molar-refractivity contribution in [1.29, 1.82) is 0 Å². The number of halogens is 24. The number of Topliss-reactive ketones (excluding diaryl/α,β-unsaturated/α-hetero) is 1. The van der Waals surface area contributed by atoms with Crippen LogP contribution >= 0.6 is 0 Å². The van der Waals surface area contributed by atoms with Crippen molar-refractivity contribution in [3.63, 3.8) is 0 Å². The molecule has 0 spiro atoms. The Kier molecular flexibility index (Phi) is 17.1. The van der Waals surface area contributed by atoms with Crippen LogP contribution in [0.15, 0.2) is 194 Å². The maximum Gasteiger partial charge on any atom is 0.416 e. The SMILES string of the molecule is FC(F)(F)c1cc([B-](c2cc(C(F)(F)F)cc(C(F)(F)F)c2)(c2cc(C(F)(F)F)cc(C(F)(F)F)c2)c2cc(C(F)(F)F)cc(C(F)(F)F)c2)cc(C(F)(F)F)c1.O=C(C[n+]1ccc2ccccc2c1Oc1cc2ccccc2c2ccccc12)c1ccccc1. The second-order valence-corrected chi connectivity index (χ2v) is 20.6. The quantitative estimate of drug-likeness (QED) is 0.0474. The first kappa shape index (κ1) is 66.2. The van der Waals surface area contributed by atoms with Crippen LogP contribution in [0.4, 0.5) is 105 Å². The number of alkyl halides is 24. The fourth-order valence-electron chi connectivity index (χ4n) is 10.6. The Hall–Kier alpha value is -9.24. The van der Waals surface area contributed by atoms with E-state index in [1.165, 1.54) is 5.39 Å². The highest BCUT2D eigenvalue weighted by atomic mass is 19.4. The summed E-state index contributed by atoms with van der Waals surface area (Å²) in [5, 5.41) is 6.51. The number of hydrogen-bond acceptors (Lipinski definition) is 2. The summed E-state index contributed by atoms with van der Waals surface area (Å²) in [5.41, 5.74) is -29.5. The van der Waals surface area contributed by atoms with E-state index in [2.05, 4.69) is 48.5 Å². The van der Waals surface area contributed by atoms with Crippen molar-refractivity contribution in [1.82, 2.24) is 0 Å². The summed E-state index contributed by atoms with van der Waals surface area (Å²) in [6, 6.07) is 29.4. The first-order valence-electron chi connectivity index (χ1n) is 26.0. The highest BCUT2D eigenvalue weighted by molar-refractivity contribution is 7.20. The van der Waals surface area contributed by atoms with Crippen LogP contribution in [0.2, 0.25) is 0 Å². The van der Waals surface area contributed by atoms with Crippen LogP contribution in [0, 0.1) is 0 Å². The lowest BCUT2D eigenvalue weighted by Crippen LogP contribution is -2.75. The molecule has 0 aliphatic carbocycles. The van der Waals surface area contributed by atoms with Crippen LogP contribution in [0.3, 0.4) is 0 Å². The number of benzene rings is 9. The summed E-state index contributed by atoms with van der Waals surface area (Å²) in [6.45, 7) is 0.190. The van der Waals surface area contributed by atoms with Crippen molar-refractivity contribution >= 4 is 66.1 Å². The van der Waals surface area contributed by atoms with Gasteiger partial charge in [0.25, 0.3) is 0 Å². The first-order valence-corrected chi connectivity index (χ1v) is 26.0. The van der Waals surface area contributed by atoms with Crippen LogP contribution in [0.25, 0.3) is 32.3 Å². The smallest absolute Gasteiger partial charge is 0.404 e. The molecule has 474 valence electrons. The van der Waals surface area contributed by atoms with Gasteiger partial charge in [-0.05, 0) is 57.9 Å². The molecule has 0 saturated carbocycles. The van der Waals surface area contributed by atoms with Crippen LogP contribution in [-0.4, -0.2) is 11.9 Å². The minimum absolute atomic E-state index is 0.0362. The van der Waals surface area contributed by atoms with Gasteiger partial charge in [-0.3, -0.25) is 4.79 Å². The molecule has 0 amide bonds. The van der Waals surface area contributed by atoms with Gasteiger partial charge in [0.1, 0.15) is 11.9 Å². The second kappa shape index (κ2) is 23.5. The molecule has 10 rings (SSSR count). The molecule has 0 fully saturated rings. The van der Waals surface area contributed by atoms with Gasteiger partial charge >= 0.3 is 55.3 Å². The fourth-order valence-corrected chi connectivity index (χ4v) is 10.6. The van der Waals surface area contributed by atoms with Crippen molar-refractivity contribution in [2.45, 2.75) is 56.0 Å². The number of ketones is 1. The summed E-state index contributed by atoms with van der Waals surface area (Å²) in [7, 11) is 0. The fraction of sp³-hybridized carbons (Fsp3) is 0.143. The third kappa shape index (κ3) is 14.1. The van der Waals surface area contributed by atoms with Gasteiger partial charge in [0.05, 0.1) is 49.9 Å². The van der Waals surface area contributed by atoms with Crippen LogP contribution in [0.5, 0.6) is 11.6 Å². The molecule has 9 aromatic carbocycles. The monoisotopic (exact) mass is 1300 g/mol. The molecule has 0 N–H and O–H groups in total. The van der Waals surface area contributed by atoms with Gasteiger partial charge in [-0.15, -0.1) is 0 Å². The molecule has 0 atom stereocenters. The molecule has 91 heavy (non-hydrogen) atoms. The zero-order valence-electron chi connectivity index (χ0n) is 45.1. The van der Waals surface area contributed by atoms with Gasteiger partial charge in [-0.1, -0.05) is 146 Å². The zero-order valence-corrected chi connectivity index (χ0v) is 45.1. The van der Waals surface area contributed by atoms with Crippen LogP contribution in [0.1, 0.15) is 54.9 Å². The van der Waals surface area contributed by atoms with Gasteiger partial charge in [0.15, 0.2) is 6.20 Å². The lowest BCUT2D eigenvalue weighted by Gasteiger charge is -2.46. The van der Waals surface area contributed by atoms with Gasteiger partial charge in [-0.2, -0.15) is 132 Å². The van der Waals surface area contributed by atoms with E-state index in [4.69, 9.17) is 4.74 Å². The topological polar surface area (TPSA) is 30.2 Å². The van der Waals surface area contributed by atoms with E-state index in [1.807, 2.05) is 77.5 Å². The molecule has 0 bridgehead atoms. The maximum atomic E-state index is 14.2. The number of pyridine rings is 1. The van der Waals surface area contributed by atoms with Crippen LogP contribution in [-0.2, 0) is 56.0 Å². The Balaban J connectivity index is 0.000000242. The minimum atomic E-state index is -6.13. The largest absolute Gasteiger partial charge is 0.416 e. The first-order chi connectivity index (χ1) is 42.0. The molecule has 0 radical (unpaired) electrons. The van der Waals surface area contributed by atoms with Crippen LogP contribution < -0.4 is 31.2 Å². The Morgan fingerprint density at radius 3 is 0.967 bits per heavy atom. The highest BCUT2D eigenvalue weighted by Gasteiger charge is 2.47. The molecule has 0 unspecified atom stereocenters.